The van der Waals surface area contributed by atoms with E-state index in [-0.39, 0.29) is 0 Å². The fourth-order valence-electron chi connectivity index (χ4n) is 3.04. The number of anilines is 2. The molecule has 0 aromatic carbocycles. The van der Waals surface area contributed by atoms with Gasteiger partial charge in [-0.3, -0.25) is 4.79 Å². The van der Waals surface area contributed by atoms with Crippen LogP contribution < -0.4 is 10.2 Å². The molecule has 1 atom stereocenters. The smallest absolute Gasteiger partial charge is 0.223 e. The molecule has 2 saturated heterocycles. The van der Waals surface area contributed by atoms with Crippen LogP contribution in [0.5, 0.6) is 0 Å². The van der Waals surface area contributed by atoms with E-state index in [4.69, 9.17) is 4.74 Å². The Labute approximate surface area is 124 Å². The van der Waals surface area contributed by atoms with Crippen molar-refractivity contribution in [2.75, 3.05) is 44.0 Å². The number of ether oxygens (including phenoxy) is 1. The van der Waals surface area contributed by atoms with Crippen molar-refractivity contribution in [3.05, 3.63) is 11.9 Å². The van der Waals surface area contributed by atoms with Gasteiger partial charge in [0, 0.05) is 52.3 Å². The van der Waals surface area contributed by atoms with Crippen LogP contribution in [0.15, 0.2) is 6.07 Å². The molecule has 2 aliphatic rings. The fraction of sp³-hybridized carbons (Fsp3) is 0.643. The highest BCUT2D eigenvalue weighted by Gasteiger charge is 2.35. The number of rotatable bonds is 4. The van der Waals surface area contributed by atoms with Gasteiger partial charge in [0.2, 0.25) is 5.91 Å². The first-order chi connectivity index (χ1) is 10.2. The van der Waals surface area contributed by atoms with Crippen LogP contribution >= 0.6 is 0 Å². The minimum absolute atomic E-state index is 0.290. The largest absolute Gasteiger partial charge is 0.377 e. The maximum atomic E-state index is 11.7. The Morgan fingerprint density at radius 3 is 3.05 bits per heavy atom. The summed E-state index contributed by atoms with van der Waals surface area (Å²) >= 11 is 0. The highest BCUT2D eigenvalue weighted by Crippen LogP contribution is 2.26. The Kier molecular flexibility index (Phi) is 3.92. The molecule has 0 bridgehead atoms. The molecule has 2 aliphatic heterocycles. The lowest BCUT2D eigenvalue weighted by Gasteiger charge is -2.38. The Morgan fingerprint density at radius 2 is 2.29 bits per heavy atom. The zero-order valence-corrected chi connectivity index (χ0v) is 12.5. The van der Waals surface area contributed by atoms with Crippen molar-refractivity contribution in [2.45, 2.75) is 25.5 Å². The van der Waals surface area contributed by atoms with Crippen molar-refractivity contribution in [2.24, 2.45) is 0 Å². The number of fused-ring (bicyclic) bond motifs is 1. The molecule has 1 amide bonds. The molecule has 0 radical (unpaired) electrons. The molecule has 1 unspecified atom stereocenters. The monoisotopic (exact) mass is 291 g/mol. The Hall–Kier alpha value is -1.89. The predicted octanol–water partition coefficient (Wildman–Crippen LogP) is 0.476. The normalized spacial score (nSPS) is 21.6. The third-order valence-electron chi connectivity index (χ3n) is 4.11. The fourth-order valence-corrected chi connectivity index (χ4v) is 3.04. The van der Waals surface area contributed by atoms with Crippen molar-refractivity contribution in [1.29, 1.82) is 0 Å². The molecule has 114 valence electrons. The number of hydrogen-bond acceptors (Lipinski definition) is 6. The van der Waals surface area contributed by atoms with E-state index in [1.54, 1.807) is 7.11 Å². The van der Waals surface area contributed by atoms with E-state index in [0.717, 1.165) is 37.7 Å². The highest BCUT2D eigenvalue weighted by atomic mass is 16.5. The quantitative estimate of drug-likeness (QED) is 0.870. The first-order valence-electron chi connectivity index (χ1n) is 7.30. The van der Waals surface area contributed by atoms with E-state index in [1.165, 1.54) is 0 Å². The topological polar surface area (TPSA) is 70.6 Å². The maximum absolute atomic E-state index is 11.7. The second-order valence-electron chi connectivity index (χ2n) is 5.44. The van der Waals surface area contributed by atoms with Gasteiger partial charge in [0.25, 0.3) is 0 Å². The van der Waals surface area contributed by atoms with E-state index >= 15 is 0 Å². The van der Waals surface area contributed by atoms with E-state index in [1.807, 2.05) is 18.0 Å². The Bertz CT molecular complexity index is 536. The first kappa shape index (κ1) is 14.1. The van der Waals surface area contributed by atoms with Gasteiger partial charge in [0.1, 0.15) is 18.2 Å². The van der Waals surface area contributed by atoms with Crippen LogP contribution in [0.1, 0.15) is 18.7 Å². The molecule has 7 heteroatoms. The summed E-state index contributed by atoms with van der Waals surface area (Å²) < 4.78 is 5.13. The van der Waals surface area contributed by atoms with Gasteiger partial charge in [0.15, 0.2) is 5.82 Å². The van der Waals surface area contributed by atoms with E-state index < -0.39 is 0 Å². The van der Waals surface area contributed by atoms with E-state index in [9.17, 15) is 4.79 Å². The van der Waals surface area contributed by atoms with Gasteiger partial charge in [-0.2, -0.15) is 0 Å². The third-order valence-corrected chi connectivity index (χ3v) is 4.11. The van der Waals surface area contributed by atoms with Crippen molar-refractivity contribution >= 4 is 17.5 Å². The molecule has 1 N–H and O–H groups in total. The number of methoxy groups -OCH3 is 1. The SMILES string of the molecule is CNc1cc(N2CCN3C(=O)CCC3C2)nc(COC)n1. The number of piperazine rings is 1. The van der Waals surface area contributed by atoms with E-state index in [0.29, 0.717) is 30.8 Å². The number of carbonyl (C=O) groups is 1. The molecule has 3 rings (SSSR count). The molecule has 21 heavy (non-hydrogen) atoms. The summed E-state index contributed by atoms with van der Waals surface area (Å²) in [6.07, 6.45) is 1.63. The summed E-state index contributed by atoms with van der Waals surface area (Å²) in [6, 6.07) is 2.27. The molecular weight excluding hydrogens is 270 g/mol. The van der Waals surface area contributed by atoms with Crippen molar-refractivity contribution in [3.63, 3.8) is 0 Å². The second-order valence-corrected chi connectivity index (χ2v) is 5.44. The average molecular weight is 291 g/mol. The average Bonchev–Trinajstić information content (AvgIpc) is 2.88. The number of nitrogens with one attached hydrogen (secondary N) is 1. The number of amides is 1. The molecule has 0 aliphatic carbocycles. The van der Waals surface area contributed by atoms with Gasteiger partial charge in [-0.05, 0) is 6.42 Å². The van der Waals surface area contributed by atoms with Gasteiger partial charge >= 0.3 is 0 Å². The van der Waals surface area contributed by atoms with Crippen molar-refractivity contribution in [1.82, 2.24) is 14.9 Å². The summed E-state index contributed by atoms with van der Waals surface area (Å²) in [7, 11) is 3.48. The van der Waals surface area contributed by atoms with Crippen molar-refractivity contribution in [3.8, 4) is 0 Å². The molecule has 0 spiro atoms. The summed E-state index contributed by atoms with van der Waals surface area (Å²) in [5.74, 6) is 2.65. The van der Waals surface area contributed by atoms with Crippen LogP contribution in [0.3, 0.4) is 0 Å². The van der Waals surface area contributed by atoms with Gasteiger partial charge in [0.05, 0.1) is 0 Å². The summed E-state index contributed by atoms with van der Waals surface area (Å²) in [6.45, 7) is 2.83. The zero-order chi connectivity index (χ0) is 14.8. The number of carbonyl (C=O) groups excluding carboxylic acids is 1. The van der Waals surface area contributed by atoms with Gasteiger partial charge < -0.3 is 19.9 Å². The van der Waals surface area contributed by atoms with Crippen LogP contribution in [0, 0.1) is 0 Å². The molecule has 2 fully saturated rings. The van der Waals surface area contributed by atoms with Crippen LogP contribution in [0.4, 0.5) is 11.6 Å². The number of hydrogen-bond donors (Lipinski definition) is 1. The van der Waals surface area contributed by atoms with Crippen LogP contribution in [0.25, 0.3) is 0 Å². The minimum Gasteiger partial charge on any atom is -0.377 e. The number of aromatic nitrogens is 2. The summed E-state index contributed by atoms with van der Waals surface area (Å²) in [4.78, 5) is 24.9. The van der Waals surface area contributed by atoms with Crippen LogP contribution in [-0.2, 0) is 16.1 Å². The summed E-state index contributed by atoms with van der Waals surface area (Å²) in [5, 5.41) is 3.06. The third kappa shape index (κ3) is 2.78. The second kappa shape index (κ2) is 5.85. The molecule has 0 saturated carbocycles. The van der Waals surface area contributed by atoms with E-state index in [2.05, 4.69) is 20.2 Å². The molecule has 7 nitrogen and oxygen atoms in total. The minimum atomic E-state index is 0.290. The predicted molar refractivity (Wildman–Crippen MR) is 79.2 cm³/mol. The maximum Gasteiger partial charge on any atom is 0.223 e. The van der Waals surface area contributed by atoms with Crippen LogP contribution in [-0.4, -0.2) is 60.6 Å². The lowest BCUT2D eigenvalue weighted by atomic mass is 10.1. The molecule has 1 aromatic heterocycles. The Balaban J connectivity index is 1.80. The lowest BCUT2D eigenvalue weighted by Crippen LogP contribution is -2.51. The van der Waals surface area contributed by atoms with Gasteiger partial charge in [-0.15, -0.1) is 0 Å². The highest BCUT2D eigenvalue weighted by molar-refractivity contribution is 5.79. The van der Waals surface area contributed by atoms with Crippen LogP contribution in [0.2, 0.25) is 0 Å². The first-order valence-corrected chi connectivity index (χ1v) is 7.30. The standard InChI is InChI=1S/C14H21N5O2/c1-15-11-7-13(17-12(16-11)9-21-2)18-5-6-19-10(8-18)3-4-14(19)20/h7,10H,3-6,8-9H2,1-2H3,(H,15,16,17). The number of nitrogens with zero attached hydrogens (tertiary/aromatic N) is 4. The molecule has 1 aromatic rings. The molecule has 3 heterocycles. The Morgan fingerprint density at radius 1 is 1.43 bits per heavy atom. The van der Waals surface area contributed by atoms with Crippen molar-refractivity contribution < 1.29 is 9.53 Å². The van der Waals surface area contributed by atoms with Gasteiger partial charge in [-0.1, -0.05) is 0 Å². The lowest BCUT2D eigenvalue weighted by molar-refractivity contribution is -0.129. The van der Waals surface area contributed by atoms with Gasteiger partial charge in [-0.25, -0.2) is 9.97 Å². The zero-order valence-electron chi connectivity index (χ0n) is 12.5. The molecular formula is C14H21N5O2. The summed E-state index contributed by atoms with van der Waals surface area (Å²) in [5.41, 5.74) is 0.